The summed E-state index contributed by atoms with van der Waals surface area (Å²) in [6.45, 7) is 8.67. The smallest absolute Gasteiger partial charge is 0.322 e. The van der Waals surface area contributed by atoms with E-state index in [0.717, 1.165) is 41.8 Å². The molecule has 1 heterocycles. The number of nitrogens with zero attached hydrogens (tertiary/aromatic N) is 3. The van der Waals surface area contributed by atoms with Crippen LogP contribution in [0.3, 0.4) is 0 Å². The van der Waals surface area contributed by atoms with Crippen LogP contribution < -0.4 is 5.32 Å². The van der Waals surface area contributed by atoms with Crippen LogP contribution in [0, 0.1) is 13.8 Å². The molecule has 0 saturated heterocycles. The number of aromatic nitrogens is 1. The fourth-order valence-electron chi connectivity index (χ4n) is 3.72. The molecule has 1 fully saturated rings. The predicted octanol–water partition coefficient (Wildman–Crippen LogP) is 4.47. The average molecular weight is 411 g/mol. The second-order valence-corrected chi connectivity index (χ2v) is 8.45. The maximum absolute atomic E-state index is 13.3. The lowest BCUT2D eigenvalue weighted by Gasteiger charge is -2.32. The summed E-state index contributed by atoms with van der Waals surface area (Å²) in [5.41, 5.74) is 3.96. The van der Waals surface area contributed by atoms with E-state index >= 15 is 0 Å². The van der Waals surface area contributed by atoms with Gasteiger partial charge >= 0.3 is 6.03 Å². The summed E-state index contributed by atoms with van der Waals surface area (Å²) in [4.78, 5) is 30.1. The van der Waals surface area contributed by atoms with Gasteiger partial charge in [-0.2, -0.15) is 0 Å². The molecule has 3 rings (SSSR count). The second-order valence-electron chi connectivity index (χ2n) is 8.45. The molecule has 0 bridgehead atoms. The predicted molar refractivity (Wildman–Crippen MR) is 120 cm³/mol. The van der Waals surface area contributed by atoms with E-state index in [1.807, 2.05) is 80.7 Å². The lowest BCUT2D eigenvalue weighted by Crippen LogP contribution is -2.48. The third-order valence-corrected chi connectivity index (χ3v) is 6.09. The number of aryl methyl sites for hydroxylation is 3. The first-order valence-electron chi connectivity index (χ1n) is 10.8. The molecule has 0 aliphatic heterocycles. The number of rotatable bonds is 8. The van der Waals surface area contributed by atoms with Gasteiger partial charge in [-0.25, -0.2) is 4.79 Å². The molecule has 1 aliphatic carbocycles. The van der Waals surface area contributed by atoms with E-state index in [4.69, 9.17) is 0 Å². The number of anilines is 1. The fourth-order valence-corrected chi connectivity index (χ4v) is 3.72. The van der Waals surface area contributed by atoms with Gasteiger partial charge < -0.3 is 19.7 Å². The molecule has 1 saturated carbocycles. The Morgan fingerprint density at radius 1 is 1.17 bits per heavy atom. The van der Waals surface area contributed by atoms with E-state index in [-0.39, 0.29) is 30.6 Å². The largest absolute Gasteiger partial charge is 0.353 e. The van der Waals surface area contributed by atoms with Gasteiger partial charge in [0.2, 0.25) is 5.91 Å². The van der Waals surface area contributed by atoms with Crippen molar-refractivity contribution in [2.24, 2.45) is 7.05 Å². The van der Waals surface area contributed by atoms with Crippen LogP contribution in [0.5, 0.6) is 0 Å². The van der Waals surface area contributed by atoms with Crippen molar-refractivity contribution < 1.29 is 9.59 Å². The first-order valence-corrected chi connectivity index (χ1v) is 10.8. The SMILES string of the molecule is CC[C@H](C)N(CC(=O)N(Cc1cccn1C)C1CC1)C(=O)Nc1c(C)cccc1C. The highest BCUT2D eigenvalue weighted by Crippen LogP contribution is 2.29. The van der Waals surface area contributed by atoms with Gasteiger partial charge in [-0.15, -0.1) is 0 Å². The minimum atomic E-state index is -0.218. The van der Waals surface area contributed by atoms with E-state index in [1.165, 1.54) is 0 Å². The van der Waals surface area contributed by atoms with Crippen LogP contribution in [-0.4, -0.2) is 44.9 Å². The fraction of sp³-hybridized carbons (Fsp3) is 0.500. The quantitative estimate of drug-likeness (QED) is 0.698. The summed E-state index contributed by atoms with van der Waals surface area (Å²) in [6.07, 6.45) is 4.85. The summed E-state index contributed by atoms with van der Waals surface area (Å²) in [6, 6.07) is 10.0. The Morgan fingerprint density at radius 3 is 2.37 bits per heavy atom. The van der Waals surface area contributed by atoms with Crippen molar-refractivity contribution in [2.75, 3.05) is 11.9 Å². The number of amides is 3. The molecule has 0 radical (unpaired) electrons. The first kappa shape index (κ1) is 21.9. The van der Waals surface area contributed by atoms with Gasteiger partial charge in [0, 0.05) is 36.7 Å². The number of carbonyl (C=O) groups is 2. The average Bonchev–Trinajstić information content (AvgIpc) is 3.48. The molecule has 2 aromatic rings. The molecular formula is C24H34N4O2. The number of hydrogen-bond donors (Lipinski definition) is 1. The molecule has 1 aliphatic rings. The molecule has 30 heavy (non-hydrogen) atoms. The monoisotopic (exact) mass is 410 g/mol. The molecule has 6 nitrogen and oxygen atoms in total. The summed E-state index contributed by atoms with van der Waals surface area (Å²) in [7, 11) is 1.99. The highest BCUT2D eigenvalue weighted by molar-refractivity contribution is 5.94. The van der Waals surface area contributed by atoms with Crippen LogP contribution in [0.2, 0.25) is 0 Å². The lowest BCUT2D eigenvalue weighted by atomic mass is 10.1. The van der Waals surface area contributed by atoms with Gasteiger partial charge in [0.1, 0.15) is 6.54 Å². The van der Waals surface area contributed by atoms with E-state index < -0.39 is 0 Å². The number of urea groups is 1. The zero-order valence-corrected chi connectivity index (χ0v) is 18.8. The molecule has 0 spiro atoms. The number of carbonyl (C=O) groups excluding carboxylic acids is 2. The van der Waals surface area contributed by atoms with E-state index in [0.29, 0.717) is 6.54 Å². The Kier molecular flexibility index (Phi) is 6.85. The van der Waals surface area contributed by atoms with Gasteiger partial charge in [0.05, 0.1) is 6.54 Å². The Hall–Kier alpha value is -2.76. The van der Waals surface area contributed by atoms with Gasteiger partial charge in [-0.3, -0.25) is 4.79 Å². The van der Waals surface area contributed by atoms with Crippen molar-refractivity contribution in [2.45, 2.75) is 65.6 Å². The van der Waals surface area contributed by atoms with Crippen LogP contribution in [0.15, 0.2) is 36.5 Å². The van der Waals surface area contributed by atoms with Gasteiger partial charge in [0.15, 0.2) is 0 Å². The van der Waals surface area contributed by atoms with Crippen molar-refractivity contribution >= 4 is 17.6 Å². The molecule has 0 unspecified atom stereocenters. The molecule has 162 valence electrons. The van der Waals surface area contributed by atoms with Crippen molar-refractivity contribution in [3.05, 3.63) is 53.3 Å². The van der Waals surface area contributed by atoms with Crippen LogP contribution in [0.4, 0.5) is 10.5 Å². The third-order valence-electron chi connectivity index (χ3n) is 6.09. The minimum Gasteiger partial charge on any atom is -0.353 e. The van der Waals surface area contributed by atoms with Gasteiger partial charge in [0.25, 0.3) is 0 Å². The number of para-hydroxylation sites is 1. The van der Waals surface area contributed by atoms with Crippen molar-refractivity contribution in [3.8, 4) is 0 Å². The zero-order chi connectivity index (χ0) is 21.8. The van der Waals surface area contributed by atoms with Crippen LogP contribution in [-0.2, 0) is 18.4 Å². The molecule has 1 aromatic carbocycles. The second kappa shape index (κ2) is 9.37. The molecule has 1 atom stereocenters. The molecule has 3 amide bonds. The first-order chi connectivity index (χ1) is 14.3. The van der Waals surface area contributed by atoms with E-state index in [1.54, 1.807) is 4.90 Å². The Morgan fingerprint density at radius 2 is 1.83 bits per heavy atom. The van der Waals surface area contributed by atoms with Crippen LogP contribution in [0.25, 0.3) is 0 Å². The Labute approximate surface area is 179 Å². The van der Waals surface area contributed by atoms with Crippen molar-refractivity contribution in [3.63, 3.8) is 0 Å². The summed E-state index contributed by atoms with van der Waals surface area (Å²) >= 11 is 0. The number of nitrogens with one attached hydrogen (secondary N) is 1. The number of hydrogen-bond acceptors (Lipinski definition) is 2. The van der Waals surface area contributed by atoms with Gasteiger partial charge in [-0.05, 0) is 63.3 Å². The van der Waals surface area contributed by atoms with Crippen molar-refractivity contribution in [1.29, 1.82) is 0 Å². The Bertz CT molecular complexity index is 880. The van der Waals surface area contributed by atoms with E-state index in [9.17, 15) is 9.59 Å². The topological polar surface area (TPSA) is 57.6 Å². The van der Waals surface area contributed by atoms with Crippen LogP contribution in [0.1, 0.15) is 49.9 Å². The maximum Gasteiger partial charge on any atom is 0.322 e. The number of benzene rings is 1. The van der Waals surface area contributed by atoms with E-state index in [2.05, 4.69) is 5.32 Å². The highest BCUT2D eigenvalue weighted by Gasteiger charge is 2.35. The third kappa shape index (κ3) is 5.04. The highest BCUT2D eigenvalue weighted by atomic mass is 16.2. The maximum atomic E-state index is 13.3. The molecule has 1 aromatic heterocycles. The summed E-state index contributed by atoms with van der Waals surface area (Å²) in [5.74, 6) is 0.00987. The normalized spacial score (nSPS) is 14.3. The molecule has 6 heteroatoms. The van der Waals surface area contributed by atoms with Gasteiger partial charge in [-0.1, -0.05) is 25.1 Å². The molecule has 1 N–H and O–H groups in total. The Balaban J connectivity index is 1.75. The zero-order valence-electron chi connectivity index (χ0n) is 18.8. The summed E-state index contributed by atoms with van der Waals surface area (Å²) < 4.78 is 2.04. The lowest BCUT2D eigenvalue weighted by molar-refractivity contribution is -0.133. The minimum absolute atomic E-state index is 0.00987. The van der Waals surface area contributed by atoms with Crippen molar-refractivity contribution in [1.82, 2.24) is 14.4 Å². The molecular weight excluding hydrogens is 376 g/mol. The summed E-state index contributed by atoms with van der Waals surface area (Å²) in [5, 5.41) is 3.05. The standard InChI is InChI=1S/C24H34N4O2/c1-6-19(4)27(24(30)25-23-17(2)9-7-10-18(23)3)16-22(29)28(20-12-13-20)15-21-11-8-14-26(21)5/h7-11,14,19-20H,6,12-13,15-16H2,1-5H3,(H,25,30)/t19-/m0/s1. The van der Waals surface area contributed by atoms with Crippen LogP contribution >= 0.6 is 0 Å².